The molecule has 0 bridgehead atoms. The zero-order chi connectivity index (χ0) is 25.0. The third-order valence-corrected chi connectivity index (χ3v) is 17.4. The molecular formula is C24H44N2O5Si2. The van der Waals surface area contributed by atoms with Gasteiger partial charge in [0.05, 0.1) is 12.7 Å². The number of H-pyrrole nitrogens is 1. The molecule has 1 aromatic rings. The number of nitrogens with one attached hydrogen (secondary N) is 1. The lowest BCUT2D eigenvalue weighted by Crippen LogP contribution is -2.56. The van der Waals surface area contributed by atoms with Crippen molar-refractivity contribution in [3.63, 3.8) is 0 Å². The summed E-state index contributed by atoms with van der Waals surface area (Å²) in [5.41, 5.74) is -1.45. The predicted octanol–water partition coefficient (Wildman–Crippen LogP) is 5.02. The summed E-state index contributed by atoms with van der Waals surface area (Å²) < 4.78 is 22.1. The van der Waals surface area contributed by atoms with Crippen molar-refractivity contribution in [1.29, 1.82) is 0 Å². The van der Waals surface area contributed by atoms with Crippen LogP contribution in [0.5, 0.6) is 0 Å². The molecular weight excluding hydrogens is 452 g/mol. The van der Waals surface area contributed by atoms with Crippen molar-refractivity contribution in [1.82, 2.24) is 9.55 Å². The minimum Gasteiger partial charge on any atom is -0.414 e. The van der Waals surface area contributed by atoms with Crippen LogP contribution in [0.25, 0.3) is 0 Å². The predicted molar refractivity (Wildman–Crippen MR) is 137 cm³/mol. The molecule has 1 saturated carbocycles. The van der Waals surface area contributed by atoms with E-state index in [1.807, 2.05) is 0 Å². The summed E-state index contributed by atoms with van der Waals surface area (Å²) in [6.07, 6.45) is 3.59. The number of nitrogens with zero attached hydrogens (tertiary/aromatic N) is 1. The Morgan fingerprint density at radius 1 is 1.06 bits per heavy atom. The fraction of sp³-hybridized carbons (Fsp3) is 0.833. The Hall–Kier alpha value is -1.01. The lowest BCUT2D eigenvalue weighted by atomic mass is 9.92. The Balaban J connectivity index is 2.00. The Morgan fingerprint density at radius 3 is 2.12 bits per heavy atom. The van der Waals surface area contributed by atoms with Crippen molar-refractivity contribution >= 4 is 16.6 Å². The fourth-order valence-corrected chi connectivity index (χ4v) is 6.33. The van der Waals surface area contributed by atoms with Gasteiger partial charge in [0, 0.05) is 18.7 Å². The van der Waals surface area contributed by atoms with Crippen LogP contribution < -0.4 is 11.2 Å². The number of aromatic amines is 1. The largest absolute Gasteiger partial charge is 0.414 e. The summed E-state index contributed by atoms with van der Waals surface area (Å²) in [5, 5.41) is 0.136. The van der Waals surface area contributed by atoms with E-state index in [9.17, 15) is 9.59 Å². The third kappa shape index (κ3) is 5.32. The van der Waals surface area contributed by atoms with Crippen LogP contribution in [-0.2, 0) is 13.6 Å². The maximum Gasteiger partial charge on any atom is 0.330 e. The zero-order valence-corrected chi connectivity index (χ0v) is 24.2. The van der Waals surface area contributed by atoms with Crippen molar-refractivity contribution in [2.24, 2.45) is 5.92 Å². The zero-order valence-electron chi connectivity index (χ0n) is 22.2. The summed E-state index contributed by atoms with van der Waals surface area (Å²) >= 11 is 0. The standard InChI is InChI=1S/C24H44N2O5Si2/c1-22(2,3)32(7,8)29-16-24(17-11-12-17)18(31-33(9,10)23(4,5)6)15-20(30-24)26-14-13-19(27)25-21(26)28/h13-14,17-18,20H,11-12,15-16H2,1-10H3,(H,25,27,28)/t18-,20+,24-/m0/s1. The Labute approximate surface area is 200 Å². The van der Waals surface area contributed by atoms with Gasteiger partial charge in [-0.05, 0) is 55.0 Å². The van der Waals surface area contributed by atoms with E-state index in [2.05, 4.69) is 72.7 Å². The molecule has 2 fully saturated rings. The molecule has 1 aliphatic carbocycles. The van der Waals surface area contributed by atoms with Crippen LogP contribution in [0.15, 0.2) is 21.9 Å². The average Bonchev–Trinajstić information content (AvgIpc) is 3.42. The van der Waals surface area contributed by atoms with Gasteiger partial charge in [-0.2, -0.15) is 0 Å². The second kappa shape index (κ2) is 8.58. The Morgan fingerprint density at radius 2 is 1.64 bits per heavy atom. The molecule has 2 heterocycles. The lowest BCUT2D eigenvalue weighted by Gasteiger charge is -2.45. The van der Waals surface area contributed by atoms with Crippen LogP contribution >= 0.6 is 0 Å². The molecule has 1 N–H and O–H groups in total. The molecule has 188 valence electrons. The van der Waals surface area contributed by atoms with Crippen LogP contribution in [0.2, 0.25) is 36.3 Å². The maximum atomic E-state index is 12.6. The topological polar surface area (TPSA) is 82.5 Å². The van der Waals surface area contributed by atoms with Gasteiger partial charge in [-0.15, -0.1) is 0 Å². The van der Waals surface area contributed by atoms with E-state index >= 15 is 0 Å². The van der Waals surface area contributed by atoms with E-state index < -0.39 is 39.7 Å². The summed E-state index contributed by atoms with van der Waals surface area (Å²) in [7, 11) is -4.13. The lowest BCUT2D eigenvalue weighted by molar-refractivity contribution is -0.135. The third-order valence-electron chi connectivity index (χ3n) is 8.45. The molecule has 3 rings (SSSR count). The van der Waals surface area contributed by atoms with Crippen molar-refractivity contribution in [3.8, 4) is 0 Å². The van der Waals surface area contributed by atoms with Crippen LogP contribution in [0.3, 0.4) is 0 Å². The molecule has 0 aromatic carbocycles. The maximum absolute atomic E-state index is 12.6. The molecule has 7 nitrogen and oxygen atoms in total. The number of hydrogen-bond acceptors (Lipinski definition) is 5. The summed E-state index contributed by atoms with van der Waals surface area (Å²) in [6.45, 7) is 23.0. The highest BCUT2D eigenvalue weighted by atomic mass is 28.4. The first kappa shape index (κ1) is 26.6. The van der Waals surface area contributed by atoms with Gasteiger partial charge in [0.15, 0.2) is 16.6 Å². The molecule has 9 heteroatoms. The number of rotatable bonds is 7. The van der Waals surface area contributed by atoms with Gasteiger partial charge < -0.3 is 13.6 Å². The number of ether oxygens (including phenoxy) is 1. The molecule has 0 unspecified atom stereocenters. The molecule has 2 aliphatic rings. The van der Waals surface area contributed by atoms with Crippen LogP contribution in [0.4, 0.5) is 0 Å². The van der Waals surface area contributed by atoms with Gasteiger partial charge in [0.1, 0.15) is 11.8 Å². The van der Waals surface area contributed by atoms with E-state index in [4.69, 9.17) is 13.6 Å². The SMILES string of the molecule is CC(C)(C)[Si](C)(C)OC[C@@]1(C2CC2)O[C@@H](n2ccc(=O)[nH]c2=O)C[C@@H]1O[Si](C)(C)C(C)(C)C. The summed E-state index contributed by atoms with van der Waals surface area (Å²) in [4.78, 5) is 26.6. The van der Waals surface area contributed by atoms with Gasteiger partial charge in [-0.25, -0.2) is 4.79 Å². The van der Waals surface area contributed by atoms with E-state index in [0.29, 0.717) is 18.9 Å². The average molecular weight is 497 g/mol. The second-order valence-electron chi connectivity index (χ2n) is 13.0. The monoisotopic (exact) mass is 496 g/mol. The second-order valence-corrected chi connectivity index (χ2v) is 22.5. The molecule has 1 aliphatic heterocycles. The molecule has 33 heavy (non-hydrogen) atoms. The highest BCUT2D eigenvalue weighted by molar-refractivity contribution is 6.74. The van der Waals surface area contributed by atoms with Gasteiger partial charge in [-0.1, -0.05) is 41.5 Å². The normalized spacial score (nSPS) is 27.2. The van der Waals surface area contributed by atoms with Gasteiger partial charge >= 0.3 is 5.69 Å². The molecule has 0 radical (unpaired) electrons. The van der Waals surface area contributed by atoms with Gasteiger partial charge in [-0.3, -0.25) is 14.3 Å². The van der Waals surface area contributed by atoms with Gasteiger partial charge in [0.25, 0.3) is 5.56 Å². The molecule has 0 amide bonds. The van der Waals surface area contributed by atoms with Crippen molar-refractivity contribution in [2.75, 3.05) is 6.61 Å². The van der Waals surface area contributed by atoms with E-state index in [-0.39, 0.29) is 16.2 Å². The van der Waals surface area contributed by atoms with E-state index in [1.165, 1.54) is 16.8 Å². The Kier molecular flexibility index (Phi) is 6.92. The van der Waals surface area contributed by atoms with Crippen molar-refractivity contribution in [3.05, 3.63) is 33.1 Å². The fourth-order valence-electron chi connectivity index (χ4n) is 3.95. The van der Waals surface area contributed by atoms with Crippen molar-refractivity contribution < 1.29 is 13.6 Å². The molecule has 1 saturated heterocycles. The highest BCUT2D eigenvalue weighted by Crippen LogP contribution is 2.54. The molecule has 0 spiro atoms. The van der Waals surface area contributed by atoms with Crippen molar-refractivity contribution in [2.45, 2.75) is 115 Å². The Bertz CT molecular complexity index is 969. The summed E-state index contributed by atoms with van der Waals surface area (Å²) in [6, 6.07) is 1.37. The van der Waals surface area contributed by atoms with Crippen LogP contribution in [0.1, 0.15) is 67.0 Å². The number of aromatic nitrogens is 2. The highest BCUT2D eigenvalue weighted by Gasteiger charge is 2.61. The molecule has 1 aromatic heterocycles. The molecule has 3 atom stereocenters. The van der Waals surface area contributed by atoms with Gasteiger partial charge in [0.2, 0.25) is 0 Å². The first-order chi connectivity index (χ1) is 14.9. The van der Waals surface area contributed by atoms with Crippen LogP contribution in [0, 0.1) is 5.92 Å². The summed E-state index contributed by atoms with van der Waals surface area (Å²) in [5.74, 6) is 0.348. The minimum absolute atomic E-state index is 0.0511. The first-order valence-corrected chi connectivity index (χ1v) is 18.0. The first-order valence-electron chi connectivity index (χ1n) is 12.2. The quantitative estimate of drug-likeness (QED) is 0.536. The minimum atomic E-state index is -2.11. The smallest absolute Gasteiger partial charge is 0.330 e. The van der Waals surface area contributed by atoms with Crippen LogP contribution in [-0.4, -0.2) is 44.5 Å². The van der Waals surface area contributed by atoms with E-state index in [0.717, 1.165) is 12.8 Å². The number of hydrogen-bond donors (Lipinski definition) is 1. The van der Waals surface area contributed by atoms with E-state index in [1.54, 1.807) is 0 Å².